The standard InChI is InChI=1S/C17H27N3OS/c1-14-5-6-15(22-3)13-16(14)17(21)18-7-4-8-20-11-9-19(2)10-12-20/h5-6,13H,4,7-12H2,1-3H3,(H,18,21). The van der Waals surface area contributed by atoms with Crippen LogP contribution < -0.4 is 5.32 Å². The van der Waals surface area contributed by atoms with Crippen LogP contribution in [0.1, 0.15) is 22.3 Å². The highest BCUT2D eigenvalue weighted by Gasteiger charge is 2.13. The summed E-state index contributed by atoms with van der Waals surface area (Å²) in [6.45, 7) is 8.37. The highest BCUT2D eigenvalue weighted by molar-refractivity contribution is 7.98. The predicted octanol–water partition coefficient (Wildman–Crippen LogP) is 2.08. The number of hydrogen-bond acceptors (Lipinski definition) is 4. The molecule has 1 aromatic rings. The van der Waals surface area contributed by atoms with Crippen LogP contribution in [0.2, 0.25) is 0 Å². The molecule has 0 bridgehead atoms. The van der Waals surface area contributed by atoms with E-state index in [0.717, 1.165) is 61.7 Å². The van der Waals surface area contributed by atoms with Crippen molar-refractivity contribution in [3.8, 4) is 0 Å². The second kappa shape index (κ2) is 8.56. The third-order valence-electron chi connectivity index (χ3n) is 4.22. The van der Waals surface area contributed by atoms with Crippen LogP contribution >= 0.6 is 11.8 Å². The first-order chi connectivity index (χ1) is 10.6. The molecule has 1 fully saturated rings. The van der Waals surface area contributed by atoms with Crippen LogP contribution in [0.25, 0.3) is 0 Å². The topological polar surface area (TPSA) is 35.6 Å². The zero-order valence-electron chi connectivity index (χ0n) is 13.9. The fraction of sp³-hybridized carbons (Fsp3) is 0.588. The molecular weight excluding hydrogens is 294 g/mol. The Morgan fingerprint density at radius 3 is 2.68 bits per heavy atom. The number of nitrogens with zero attached hydrogens (tertiary/aromatic N) is 2. The number of carbonyl (C=O) groups is 1. The van der Waals surface area contributed by atoms with E-state index in [4.69, 9.17) is 0 Å². The molecule has 1 aromatic carbocycles. The molecule has 0 aromatic heterocycles. The van der Waals surface area contributed by atoms with Gasteiger partial charge in [-0.25, -0.2) is 0 Å². The Morgan fingerprint density at radius 1 is 1.27 bits per heavy atom. The van der Waals surface area contributed by atoms with E-state index in [2.05, 4.69) is 28.2 Å². The van der Waals surface area contributed by atoms with Crippen LogP contribution in [0.3, 0.4) is 0 Å². The second-order valence-electron chi connectivity index (χ2n) is 5.94. The Morgan fingerprint density at radius 2 is 2.00 bits per heavy atom. The monoisotopic (exact) mass is 321 g/mol. The highest BCUT2D eigenvalue weighted by atomic mass is 32.2. The maximum absolute atomic E-state index is 12.3. The summed E-state index contributed by atoms with van der Waals surface area (Å²) in [5.41, 5.74) is 1.83. The molecule has 1 saturated heterocycles. The van der Waals surface area contributed by atoms with Crippen molar-refractivity contribution < 1.29 is 4.79 Å². The van der Waals surface area contributed by atoms with Gasteiger partial charge >= 0.3 is 0 Å². The Hall–Kier alpha value is -1.04. The fourth-order valence-electron chi connectivity index (χ4n) is 2.64. The normalized spacial score (nSPS) is 16.7. The van der Waals surface area contributed by atoms with Crippen molar-refractivity contribution in [1.82, 2.24) is 15.1 Å². The lowest BCUT2D eigenvalue weighted by atomic mass is 10.1. The summed E-state index contributed by atoms with van der Waals surface area (Å²) in [6, 6.07) is 6.06. The molecule has 1 aliphatic rings. The molecule has 0 spiro atoms. The number of likely N-dealkylation sites (N-methyl/N-ethyl adjacent to an activating group) is 1. The second-order valence-corrected chi connectivity index (χ2v) is 6.81. The first-order valence-electron chi connectivity index (χ1n) is 7.94. The van der Waals surface area contributed by atoms with Crippen LogP contribution in [0.15, 0.2) is 23.1 Å². The van der Waals surface area contributed by atoms with Gasteiger partial charge in [-0.1, -0.05) is 6.07 Å². The minimum atomic E-state index is 0.0479. The average Bonchev–Trinajstić information content (AvgIpc) is 2.53. The third-order valence-corrected chi connectivity index (χ3v) is 4.95. The van der Waals surface area contributed by atoms with E-state index in [0.29, 0.717) is 0 Å². The van der Waals surface area contributed by atoms with Gasteiger partial charge in [-0.15, -0.1) is 11.8 Å². The summed E-state index contributed by atoms with van der Waals surface area (Å²) in [5.74, 6) is 0.0479. The quantitative estimate of drug-likeness (QED) is 0.643. The first kappa shape index (κ1) is 17.3. The average molecular weight is 321 g/mol. The van der Waals surface area contributed by atoms with Crippen LogP contribution in [0, 0.1) is 6.92 Å². The van der Waals surface area contributed by atoms with Gasteiger partial charge in [0.15, 0.2) is 0 Å². The van der Waals surface area contributed by atoms with E-state index < -0.39 is 0 Å². The summed E-state index contributed by atoms with van der Waals surface area (Å²) < 4.78 is 0. The SMILES string of the molecule is CSc1ccc(C)c(C(=O)NCCCN2CCN(C)CC2)c1. The van der Waals surface area contributed by atoms with Gasteiger partial charge in [-0.2, -0.15) is 0 Å². The Labute approximate surface area is 138 Å². The largest absolute Gasteiger partial charge is 0.352 e. The molecule has 0 saturated carbocycles. The molecule has 2 rings (SSSR count). The molecule has 22 heavy (non-hydrogen) atoms. The molecule has 1 aliphatic heterocycles. The molecular formula is C17H27N3OS. The van der Waals surface area contributed by atoms with Crippen molar-refractivity contribution >= 4 is 17.7 Å². The summed E-state index contributed by atoms with van der Waals surface area (Å²) in [7, 11) is 2.17. The molecule has 0 unspecified atom stereocenters. The van der Waals surface area contributed by atoms with Gasteiger partial charge < -0.3 is 15.1 Å². The van der Waals surface area contributed by atoms with Gasteiger partial charge in [0.05, 0.1) is 0 Å². The van der Waals surface area contributed by atoms with E-state index in [-0.39, 0.29) is 5.91 Å². The molecule has 0 radical (unpaired) electrons. The number of aryl methyl sites for hydroxylation is 1. The van der Waals surface area contributed by atoms with Crippen LogP contribution in [-0.2, 0) is 0 Å². The number of nitrogens with one attached hydrogen (secondary N) is 1. The summed E-state index contributed by atoms with van der Waals surface area (Å²) in [4.78, 5) is 18.3. The lowest BCUT2D eigenvalue weighted by Crippen LogP contribution is -2.45. The van der Waals surface area contributed by atoms with E-state index in [9.17, 15) is 4.79 Å². The third kappa shape index (κ3) is 5.00. The van der Waals surface area contributed by atoms with Gasteiger partial charge in [0, 0.05) is 43.2 Å². The minimum absolute atomic E-state index is 0.0479. The zero-order chi connectivity index (χ0) is 15.9. The van der Waals surface area contributed by atoms with E-state index in [1.807, 2.05) is 25.3 Å². The van der Waals surface area contributed by atoms with E-state index in [1.165, 1.54) is 0 Å². The van der Waals surface area contributed by atoms with Crippen molar-refractivity contribution in [2.75, 3.05) is 52.6 Å². The summed E-state index contributed by atoms with van der Waals surface area (Å²) >= 11 is 1.67. The van der Waals surface area contributed by atoms with E-state index >= 15 is 0 Å². The molecule has 1 amide bonds. The Bertz CT molecular complexity index is 499. The number of benzene rings is 1. The van der Waals surface area contributed by atoms with Gasteiger partial charge in [-0.3, -0.25) is 4.79 Å². The molecule has 1 heterocycles. The van der Waals surface area contributed by atoms with Crippen molar-refractivity contribution in [3.05, 3.63) is 29.3 Å². The van der Waals surface area contributed by atoms with Crippen LogP contribution in [0.4, 0.5) is 0 Å². The number of rotatable bonds is 6. The van der Waals surface area contributed by atoms with Gasteiger partial charge in [0.25, 0.3) is 5.91 Å². The van der Waals surface area contributed by atoms with E-state index in [1.54, 1.807) is 11.8 Å². The lowest BCUT2D eigenvalue weighted by Gasteiger charge is -2.32. The van der Waals surface area contributed by atoms with Gasteiger partial charge in [-0.05, 0) is 50.9 Å². The Kier molecular flexibility index (Phi) is 6.73. The number of carbonyl (C=O) groups excluding carboxylic acids is 1. The number of amides is 1. The van der Waals surface area contributed by atoms with Gasteiger partial charge in [0.2, 0.25) is 0 Å². The lowest BCUT2D eigenvalue weighted by molar-refractivity contribution is 0.0948. The van der Waals surface area contributed by atoms with Crippen molar-refractivity contribution in [2.45, 2.75) is 18.2 Å². The molecule has 0 aliphatic carbocycles. The Balaban J connectivity index is 1.74. The summed E-state index contributed by atoms with van der Waals surface area (Å²) in [5, 5.41) is 3.05. The van der Waals surface area contributed by atoms with Gasteiger partial charge in [0.1, 0.15) is 0 Å². The molecule has 4 nitrogen and oxygen atoms in total. The first-order valence-corrected chi connectivity index (χ1v) is 9.16. The van der Waals surface area contributed by atoms with Crippen LogP contribution in [-0.4, -0.2) is 68.3 Å². The zero-order valence-corrected chi connectivity index (χ0v) is 14.7. The van der Waals surface area contributed by atoms with Crippen LogP contribution in [0.5, 0.6) is 0 Å². The molecule has 1 N–H and O–H groups in total. The number of hydrogen-bond donors (Lipinski definition) is 1. The molecule has 5 heteroatoms. The summed E-state index contributed by atoms with van der Waals surface area (Å²) in [6.07, 6.45) is 3.04. The maximum atomic E-state index is 12.3. The fourth-order valence-corrected chi connectivity index (χ4v) is 3.08. The maximum Gasteiger partial charge on any atom is 0.251 e. The predicted molar refractivity (Wildman–Crippen MR) is 93.8 cm³/mol. The molecule has 122 valence electrons. The number of thioether (sulfide) groups is 1. The molecule has 0 atom stereocenters. The highest BCUT2D eigenvalue weighted by Crippen LogP contribution is 2.19. The minimum Gasteiger partial charge on any atom is -0.352 e. The van der Waals surface area contributed by atoms with Crippen molar-refractivity contribution in [3.63, 3.8) is 0 Å². The smallest absolute Gasteiger partial charge is 0.251 e. The van der Waals surface area contributed by atoms with Crippen molar-refractivity contribution in [2.24, 2.45) is 0 Å². The van der Waals surface area contributed by atoms with Crippen molar-refractivity contribution in [1.29, 1.82) is 0 Å². The number of piperazine rings is 1.